The number of hydrogen-bond donors (Lipinski definition) is 1. The molecule has 2 heteroatoms. The van der Waals surface area contributed by atoms with Crippen molar-refractivity contribution in [1.29, 1.82) is 0 Å². The molecule has 0 fully saturated rings. The van der Waals surface area contributed by atoms with E-state index in [1.807, 2.05) is 0 Å². The van der Waals surface area contributed by atoms with Crippen LogP contribution in [0.5, 0.6) is 0 Å². The van der Waals surface area contributed by atoms with E-state index in [4.69, 9.17) is 5.73 Å². The van der Waals surface area contributed by atoms with Crippen LogP contribution >= 0.6 is 0 Å². The molecule has 0 heterocycles. The quantitative estimate of drug-likeness (QED) is 0.605. The highest BCUT2D eigenvalue weighted by Gasteiger charge is 2.18. The molecule has 12 heavy (non-hydrogen) atoms. The molecule has 0 saturated heterocycles. The van der Waals surface area contributed by atoms with Crippen molar-refractivity contribution in [2.45, 2.75) is 12.5 Å². The molecule has 0 aliphatic heterocycles. The van der Waals surface area contributed by atoms with Crippen LogP contribution in [0.4, 0.5) is 0 Å². The number of ketones is 1. The number of allylic oxidation sites excluding steroid dienone is 1. The first-order valence-corrected chi connectivity index (χ1v) is 3.81. The Kier molecular flexibility index (Phi) is 4.97. The smallest absolute Gasteiger partial charge is 0.145 e. The van der Waals surface area contributed by atoms with Crippen LogP contribution in [0.1, 0.15) is 6.42 Å². The van der Waals surface area contributed by atoms with Crippen LogP contribution in [0.25, 0.3) is 0 Å². The Morgan fingerprint density at radius 3 is 2.25 bits per heavy atom. The molecule has 2 N–H and O–H groups in total. The lowest BCUT2D eigenvalue weighted by Crippen LogP contribution is -2.31. The summed E-state index contributed by atoms with van der Waals surface area (Å²) in [6.07, 6.45) is 5.00. The first kappa shape index (κ1) is 10.8. The minimum atomic E-state index is -0.338. The Bertz CT molecular complexity index is 196. The van der Waals surface area contributed by atoms with Crippen molar-refractivity contribution in [3.8, 4) is 0 Å². The summed E-state index contributed by atoms with van der Waals surface area (Å²) < 4.78 is 0. The van der Waals surface area contributed by atoms with Crippen molar-refractivity contribution in [3.63, 3.8) is 0 Å². The summed E-state index contributed by atoms with van der Waals surface area (Å²) in [5.74, 6) is -0.298. The molecule has 2 atom stereocenters. The minimum Gasteiger partial charge on any atom is -0.324 e. The molecule has 0 bridgehead atoms. The van der Waals surface area contributed by atoms with Gasteiger partial charge in [0.25, 0.3) is 0 Å². The zero-order chi connectivity index (χ0) is 9.56. The lowest BCUT2D eigenvalue weighted by Gasteiger charge is -2.14. The van der Waals surface area contributed by atoms with E-state index < -0.39 is 0 Å². The monoisotopic (exact) mass is 165 g/mol. The molecular weight excluding hydrogens is 150 g/mol. The van der Waals surface area contributed by atoms with Crippen molar-refractivity contribution in [2.24, 2.45) is 11.7 Å². The van der Waals surface area contributed by atoms with Crippen molar-refractivity contribution < 1.29 is 4.79 Å². The standard InChI is InChI=1S/C10H15NO/c1-4-7-10(12)8(5-2)9(11)6-3/h4-6,8-9H,1-3,7,11H2. The lowest BCUT2D eigenvalue weighted by atomic mass is 9.94. The second-order valence-corrected chi connectivity index (χ2v) is 2.53. The number of hydrogen-bond acceptors (Lipinski definition) is 2. The number of rotatable bonds is 6. The van der Waals surface area contributed by atoms with Crippen LogP contribution in [0.2, 0.25) is 0 Å². The minimum absolute atomic E-state index is 0.0346. The van der Waals surface area contributed by atoms with Gasteiger partial charge in [-0.3, -0.25) is 4.79 Å². The van der Waals surface area contributed by atoms with Gasteiger partial charge in [-0.1, -0.05) is 18.2 Å². The van der Waals surface area contributed by atoms with Crippen molar-refractivity contribution >= 4 is 5.78 Å². The fourth-order valence-electron chi connectivity index (χ4n) is 0.928. The zero-order valence-corrected chi connectivity index (χ0v) is 7.20. The van der Waals surface area contributed by atoms with Crippen LogP contribution in [-0.4, -0.2) is 11.8 Å². The fraction of sp³-hybridized carbons (Fsp3) is 0.300. The normalized spacial score (nSPS) is 14.4. The molecule has 0 aromatic heterocycles. The van der Waals surface area contributed by atoms with Gasteiger partial charge in [-0.05, 0) is 0 Å². The van der Waals surface area contributed by atoms with Crippen molar-refractivity contribution in [1.82, 2.24) is 0 Å². The second kappa shape index (κ2) is 5.49. The third-order valence-corrected chi connectivity index (χ3v) is 1.66. The SMILES string of the molecule is C=CCC(=O)C(C=C)C(N)C=C. The van der Waals surface area contributed by atoms with Gasteiger partial charge in [-0.25, -0.2) is 0 Å². The van der Waals surface area contributed by atoms with Gasteiger partial charge in [-0.2, -0.15) is 0 Å². The molecule has 2 nitrogen and oxygen atoms in total. The van der Waals surface area contributed by atoms with E-state index in [0.717, 1.165) is 0 Å². The molecule has 0 radical (unpaired) electrons. The summed E-state index contributed by atoms with van der Waals surface area (Å²) in [5, 5.41) is 0. The maximum Gasteiger partial charge on any atom is 0.145 e. The highest BCUT2D eigenvalue weighted by atomic mass is 16.1. The van der Waals surface area contributed by atoms with E-state index in [1.165, 1.54) is 0 Å². The molecule has 0 aromatic carbocycles. The zero-order valence-electron chi connectivity index (χ0n) is 7.20. The van der Waals surface area contributed by atoms with E-state index in [-0.39, 0.29) is 17.7 Å². The molecule has 0 saturated carbocycles. The highest BCUT2D eigenvalue weighted by Crippen LogP contribution is 2.08. The van der Waals surface area contributed by atoms with Gasteiger partial charge in [0.15, 0.2) is 0 Å². The Labute approximate surface area is 73.5 Å². The number of carbonyl (C=O) groups is 1. The largest absolute Gasteiger partial charge is 0.324 e. The predicted octanol–water partition coefficient (Wildman–Crippen LogP) is 1.45. The van der Waals surface area contributed by atoms with Gasteiger partial charge >= 0.3 is 0 Å². The van der Waals surface area contributed by atoms with E-state index >= 15 is 0 Å². The Balaban J connectivity index is 4.32. The predicted molar refractivity (Wildman–Crippen MR) is 51.7 cm³/mol. The maximum atomic E-state index is 11.3. The van der Waals surface area contributed by atoms with E-state index in [0.29, 0.717) is 6.42 Å². The first-order valence-electron chi connectivity index (χ1n) is 3.81. The maximum absolute atomic E-state index is 11.3. The average Bonchev–Trinajstić information content (AvgIpc) is 2.06. The number of nitrogens with two attached hydrogens (primary N) is 1. The van der Waals surface area contributed by atoms with Crippen LogP contribution in [-0.2, 0) is 4.79 Å². The molecule has 0 aliphatic carbocycles. The van der Waals surface area contributed by atoms with Gasteiger partial charge in [0.05, 0.1) is 5.92 Å². The first-order chi connectivity index (χ1) is 5.67. The van der Waals surface area contributed by atoms with Crippen LogP contribution in [0.3, 0.4) is 0 Å². The van der Waals surface area contributed by atoms with E-state index in [2.05, 4.69) is 19.7 Å². The van der Waals surface area contributed by atoms with Crippen molar-refractivity contribution in [3.05, 3.63) is 38.0 Å². The van der Waals surface area contributed by atoms with Gasteiger partial charge in [-0.15, -0.1) is 19.7 Å². The summed E-state index contributed by atoms with van der Waals surface area (Å²) in [6.45, 7) is 10.6. The topological polar surface area (TPSA) is 43.1 Å². The van der Waals surface area contributed by atoms with Crippen molar-refractivity contribution in [2.75, 3.05) is 0 Å². The molecular formula is C10H15NO. The van der Waals surface area contributed by atoms with Crippen LogP contribution < -0.4 is 5.73 Å². The third-order valence-electron chi connectivity index (χ3n) is 1.66. The van der Waals surface area contributed by atoms with E-state index in [1.54, 1.807) is 18.2 Å². The van der Waals surface area contributed by atoms with Gasteiger partial charge in [0, 0.05) is 12.5 Å². The van der Waals surface area contributed by atoms with Gasteiger partial charge in [0.2, 0.25) is 0 Å². The van der Waals surface area contributed by atoms with Crippen LogP contribution in [0.15, 0.2) is 38.0 Å². The molecule has 66 valence electrons. The molecule has 2 unspecified atom stereocenters. The second-order valence-electron chi connectivity index (χ2n) is 2.53. The Morgan fingerprint density at radius 1 is 1.33 bits per heavy atom. The van der Waals surface area contributed by atoms with E-state index in [9.17, 15) is 4.79 Å². The summed E-state index contributed by atoms with van der Waals surface area (Å²) in [5.41, 5.74) is 5.61. The summed E-state index contributed by atoms with van der Waals surface area (Å²) in [6, 6.07) is -0.338. The third kappa shape index (κ3) is 2.84. The summed E-state index contributed by atoms with van der Waals surface area (Å²) >= 11 is 0. The highest BCUT2D eigenvalue weighted by molar-refractivity contribution is 5.84. The average molecular weight is 165 g/mol. The number of carbonyl (C=O) groups excluding carboxylic acids is 1. The molecule has 0 spiro atoms. The van der Waals surface area contributed by atoms with Gasteiger partial charge < -0.3 is 5.73 Å². The molecule has 0 aromatic rings. The fourth-order valence-corrected chi connectivity index (χ4v) is 0.928. The lowest BCUT2D eigenvalue weighted by molar-refractivity contribution is -0.120. The van der Waals surface area contributed by atoms with Gasteiger partial charge in [0.1, 0.15) is 5.78 Å². The van der Waals surface area contributed by atoms with Crippen LogP contribution in [0, 0.1) is 5.92 Å². The summed E-state index contributed by atoms with van der Waals surface area (Å²) in [4.78, 5) is 11.3. The molecule has 0 aliphatic rings. The molecule has 0 rings (SSSR count). The molecule has 0 amide bonds. The Morgan fingerprint density at radius 2 is 1.92 bits per heavy atom. The Hall–Kier alpha value is -1.15. The number of Topliss-reactive ketones (excluding diaryl/α,β-unsaturated/α-hetero) is 1. The summed E-state index contributed by atoms with van der Waals surface area (Å²) in [7, 11) is 0.